The molecule has 3 heterocycles. The first-order valence-corrected chi connectivity index (χ1v) is 14.7. The predicted molar refractivity (Wildman–Crippen MR) is 171 cm³/mol. The molecule has 232 valence electrons. The Balaban J connectivity index is 0.00000384. The number of primary amides is 1. The highest BCUT2D eigenvalue weighted by molar-refractivity contribution is 6.07. The van der Waals surface area contributed by atoms with E-state index in [0.717, 1.165) is 53.4 Å². The van der Waals surface area contributed by atoms with Crippen molar-refractivity contribution in [3.8, 4) is 17.4 Å². The van der Waals surface area contributed by atoms with E-state index in [0.29, 0.717) is 35.9 Å². The molecule has 2 aliphatic rings. The van der Waals surface area contributed by atoms with E-state index in [2.05, 4.69) is 34.4 Å². The molecule has 2 aromatic heterocycles. The van der Waals surface area contributed by atoms with E-state index >= 15 is 0 Å². The lowest BCUT2D eigenvalue weighted by Gasteiger charge is -2.28. The number of β-amino-alcohol motifs (C(OH)–C–C–N with tert-alkyl or cyclic N) is 1. The van der Waals surface area contributed by atoms with Crippen LogP contribution in [-0.4, -0.2) is 51.7 Å². The smallest absolute Gasteiger partial charge is 0.250 e. The normalized spacial score (nSPS) is 15.9. The van der Waals surface area contributed by atoms with Gasteiger partial charge < -0.3 is 35.9 Å². The van der Waals surface area contributed by atoms with Gasteiger partial charge in [-0.1, -0.05) is 31.0 Å². The zero-order valence-electron chi connectivity index (χ0n) is 24.8. The zero-order chi connectivity index (χ0) is 30.2. The minimum Gasteiger partial charge on any atom is -0.490 e. The molecule has 1 aliphatic carbocycles. The number of carbonyl (C=O) groups is 2. The number of aliphatic hydroxyl groups excluding tert-OH is 1. The number of nitrogens with one attached hydrogen (secondary N) is 3. The maximum atomic E-state index is 12.9. The summed E-state index contributed by atoms with van der Waals surface area (Å²) in [6.45, 7) is 4.64. The summed E-state index contributed by atoms with van der Waals surface area (Å²) in [5, 5.41) is 18.4. The molecule has 0 saturated heterocycles. The Morgan fingerprint density at radius 2 is 1.89 bits per heavy atom. The Bertz CT molecular complexity index is 1660. The van der Waals surface area contributed by atoms with Crippen molar-refractivity contribution in [2.24, 2.45) is 5.73 Å². The molecule has 1 aliphatic heterocycles. The van der Waals surface area contributed by atoms with E-state index in [-0.39, 0.29) is 30.5 Å². The van der Waals surface area contributed by atoms with Crippen LogP contribution in [0.2, 0.25) is 0 Å². The molecule has 6 N–H and O–H groups in total. The number of amides is 2. The van der Waals surface area contributed by atoms with Crippen molar-refractivity contribution in [1.29, 1.82) is 0 Å². The first-order valence-electron chi connectivity index (χ1n) is 14.7. The summed E-state index contributed by atoms with van der Waals surface area (Å²) >= 11 is 0. The van der Waals surface area contributed by atoms with Gasteiger partial charge in [0.2, 0.25) is 17.7 Å². The largest absolute Gasteiger partial charge is 0.490 e. The lowest BCUT2D eigenvalue weighted by Crippen LogP contribution is -2.46. The van der Waals surface area contributed by atoms with Gasteiger partial charge in [-0.25, -0.2) is 4.98 Å². The molecule has 11 heteroatoms. The Morgan fingerprint density at radius 1 is 1.14 bits per heavy atom. The minimum atomic E-state index is -0.740. The number of aromatic amines is 1. The predicted octanol–water partition coefficient (Wildman–Crippen LogP) is 4.99. The van der Waals surface area contributed by atoms with Gasteiger partial charge in [0.25, 0.3) is 0 Å². The number of rotatable bonds is 11. The van der Waals surface area contributed by atoms with E-state index in [9.17, 15) is 14.7 Å². The Hall–Kier alpha value is -4.12. The Morgan fingerprint density at radius 3 is 2.61 bits per heavy atom. The van der Waals surface area contributed by atoms with Crippen LogP contribution in [0.25, 0.3) is 10.9 Å². The second kappa shape index (κ2) is 12.5. The topological polar surface area (TPSA) is 152 Å². The van der Waals surface area contributed by atoms with Crippen molar-refractivity contribution in [2.45, 2.75) is 63.0 Å². The first kappa shape index (κ1) is 31.3. The van der Waals surface area contributed by atoms with Gasteiger partial charge in [0.05, 0.1) is 16.5 Å². The van der Waals surface area contributed by atoms with Gasteiger partial charge in [-0.15, -0.1) is 12.4 Å². The van der Waals surface area contributed by atoms with Crippen molar-refractivity contribution < 1.29 is 24.2 Å². The molecule has 0 unspecified atom stereocenters. The third-order valence-electron chi connectivity index (χ3n) is 8.52. The van der Waals surface area contributed by atoms with Crippen molar-refractivity contribution in [3.63, 3.8) is 0 Å². The molecule has 1 saturated carbocycles. The number of hydrogen-bond acceptors (Lipinski definition) is 7. The molecule has 4 aromatic rings. The third-order valence-corrected chi connectivity index (χ3v) is 8.52. The fraction of sp³-hybridized carbons (Fsp3) is 0.364. The fourth-order valence-electron chi connectivity index (χ4n) is 6.35. The van der Waals surface area contributed by atoms with E-state index in [1.54, 1.807) is 12.1 Å². The zero-order valence-corrected chi connectivity index (χ0v) is 25.6. The quantitative estimate of drug-likeness (QED) is 0.159. The lowest BCUT2D eigenvalue weighted by atomic mass is 9.79. The minimum absolute atomic E-state index is 0. The molecule has 1 atom stereocenters. The van der Waals surface area contributed by atoms with Crippen LogP contribution in [0.15, 0.2) is 60.9 Å². The molecular weight excluding hydrogens is 582 g/mol. The van der Waals surface area contributed by atoms with Gasteiger partial charge >= 0.3 is 0 Å². The number of ether oxygens (including phenoxy) is 2. The maximum Gasteiger partial charge on any atom is 0.250 e. The van der Waals surface area contributed by atoms with Gasteiger partial charge in [-0.3, -0.25) is 9.59 Å². The van der Waals surface area contributed by atoms with Gasteiger partial charge in [0, 0.05) is 47.2 Å². The number of fused-ring (bicyclic) bond motifs is 3. The highest BCUT2D eigenvalue weighted by Crippen LogP contribution is 2.52. The number of carbonyl (C=O) groups excluding carboxylic acids is 2. The van der Waals surface area contributed by atoms with Gasteiger partial charge in [-0.05, 0) is 62.9 Å². The number of anilines is 1. The average molecular weight is 620 g/mol. The SMILES string of the molecule is CC(C)(Cc1c[nH]c2c(Oc3ccc(C(N)=O)cn3)cccc12)NC[C@H](O)COc1cccc2c1C1(CCCC1)C(=O)N2.Cl. The number of para-hydroxylation sites is 1. The number of benzene rings is 2. The van der Waals surface area contributed by atoms with Crippen molar-refractivity contribution >= 4 is 40.8 Å². The van der Waals surface area contributed by atoms with Crippen molar-refractivity contribution in [1.82, 2.24) is 15.3 Å². The molecule has 44 heavy (non-hydrogen) atoms. The number of hydrogen-bond donors (Lipinski definition) is 5. The second-order valence-corrected chi connectivity index (χ2v) is 12.2. The standard InChI is InChI=1S/C33H37N5O5.ClH/c1-32(2,15-21-17-36-29-23(21)7-5-10-26(29)43-27-12-11-20(16-35-27)30(34)40)37-18-22(39)19-42-25-9-6-8-24-28(25)33(31(41)38-24)13-3-4-14-33;/h5-12,16-17,22,36-37,39H,3-4,13-15,18-19H2,1-2H3,(H2,34,40)(H,38,41);1H/t22-;/m0./s1. The van der Waals surface area contributed by atoms with Crippen LogP contribution >= 0.6 is 12.4 Å². The maximum absolute atomic E-state index is 12.9. The first-order chi connectivity index (χ1) is 20.6. The molecule has 2 amide bonds. The molecular formula is C33H38ClN5O5. The molecule has 6 rings (SSSR count). The van der Waals surface area contributed by atoms with Crippen LogP contribution in [-0.2, 0) is 16.6 Å². The van der Waals surface area contributed by atoms with Crippen LogP contribution in [0.4, 0.5) is 5.69 Å². The number of halogens is 1. The number of H-pyrrole nitrogens is 1. The second-order valence-electron chi connectivity index (χ2n) is 12.2. The summed E-state index contributed by atoms with van der Waals surface area (Å²) in [4.78, 5) is 31.7. The number of nitrogens with two attached hydrogens (primary N) is 1. The van der Waals surface area contributed by atoms with Gasteiger partial charge in [-0.2, -0.15) is 0 Å². The summed E-state index contributed by atoms with van der Waals surface area (Å²) in [5.74, 6) is 1.16. The fourth-order valence-corrected chi connectivity index (χ4v) is 6.35. The number of aromatic nitrogens is 2. The number of nitrogens with zero attached hydrogens (tertiary/aromatic N) is 1. The summed E-state index contributed by atoms with van der Waals surface area (Å²) in [5.41, 5.74) is 8.47. The summed E-state index contributed by atoms with van der Waals surface area (Å²) in [6, 6.07) is 14.7. The average Bonchev–Trinajstić information content (AvgIpc) is 3.70. The monoisotopic (exact) mass is 619 g/mol. The molecule has 10 nitrogen and oxygen atoms in total. The van der Waals surface area contributed by atoms with E-state index in [1.165, 1.54) is 6.20 Å². The highest BCUT2D eigenvalue weighted by Gasteiger charge is 2.50. The van der Waals surface area contributed by atoms with Gasteiger partial charge in [0.1, 0.15) is 18.5 Å². The summed E-state index contributed by atoms with van der Waals surface area (Å²) < 4.78 is 12.1. The molecule has 1 fully saturated rings. The van der Waals surface area contributed by atoms with E-state index < -0.39 is 17.4 Å². The highest BCUT2D eigenvalue weighted by atomic mass is 35.5. The van der Waals surface area contributed by atoms with Crippen LogP contribution < -0.4 is 25.8 Å². The van der Waals surface area contributed by atoms with Crippen molar-refractivity contribution in [3.05, 3.63) is 77.6 Å². The number of aliphatic hydroxyl groups is 1. The van der Waals surface area contributed by atoms with Crippen LogP contribution in [0.1, 0.15) is 61.0 Å². The number of pyridine rings is 1. The van der Waals surface area contributed by atoms with Crippen LogP contribution in [0, 0.1) is 0 Å². The Kier molecular flexibility index (Phi) is 8.88. The van der Waals surface area contributed by atoms with Crippen molar-refractivity contribution in [2.75, 3.05) is 18.5 Å². The van der Waals surface area contributed by atoms with Gasteiger partial charge in [0.15, 0.2) is 5.75 Å². The molecule has 0 bridgehead atoms. The van der Waals surface area contributed by atoms with Crippen LogP contribution in [0.5, 0.6) is 17.4 Å². The molecule has 1 spiro atoms. The summed E-state index contributed by atoms with van der Waals surface area (Å²) in [7, 11) is 0. The summed E-state index contributed by atoms with van der Waals surface area (Å²) in [6.07, 6.45) is 7.01. The van der Waals surface area contributed by atoms with Crippen LogP contribution in [0.3, 0.4) is 0 Å². The van der Waals surface area contributed by atoms with E-state index in [4.69, 9.17) is 15.2 Å². The van der Waals surface area contributed by atoms with E-state index in [1.807, 2.05) is 42.6 Å². The molecule has 2 aromatic carbocycles. The Labute approximate surface area is 262 Å². The molecule has 0 radical (unpaired) electrons. The lowest BCUT2D eigenvalue weighted by molar-refractivity contribution is -0.120. The third kappa shape index (κ3) is 6.10.